The number of carboxylic acid groups (broad SMARTS) is 1. The zero-order valence-electron chi connectivity index (χ0n) is 19.5. The van der Waals surface area contributed by atoms with Gasteiger partial charge < -0.3 is 20.5 Å². The van der Waals surface area contributed by atoms with E-state index in [1.54, 1.807) is 6.92 Å². The number of carbonyl (C=O) groups excluding carboxylic acids is 2. The molecule has 34 heavy (non-hydrogen) atoms. The summed E-state index contributed by atoms with van der Waals surface area (Å²) in [5.74, 6) is -2.00. The quantitative estimate of drug-likeness (QED) is 0.388. The van der Waals surface area contributed by atoms with E-state index in [0.29, 0.717) is 12.8 Å². The lowest BCUT2D eigenvalue weighted by atomic mass is 9.94. The van der Waals surface area contributed by atoms with Crippen LogP contribution in [-0.4, -0.2) is 52.9 Å². The lowest BCUT2D eigenvalue weighted by molar-refractivity contribution is -0.143. The van der Waals surface area contributed by atoms with Crippen molar-refractivity contribution in [2.24, 2.45) is 0 Å². The topological polar surface area (TPSA) is 105 Å². The van der Waals surface area contributed by atoms with Crippen LogP contribution in [0.25, 0.3) is 11.1 Å². The molecule has 0 aliphatic heterocycles. The maximum Gasteiger partial charge on any atom is 0.326 e. The highest BCUT2D eigenvalue weighted by atomic mass is 32.1. The molecule has 8 heteroatoms. The summed E-state index contributed by atoms with van der Waals surface area (Å²) < 4.78 is 5.17. The highest BCUT2D eigenvalue weighted by molar-refractivity contribution is 7.81. The summed E-state index contributed by atoms with van der Waals surface area (Å²) in [4.78, 5) is 37.9. The maximum atomic E-state index is 13.3. The summed E-state index contributed by atoms with van der Waals surface area (Å²) in [6.07, 6.45) is 2.13. The molecular formula is C26H32N2O5S. The van der Waals surface area contributed by atoms with Crippen molar-refractivity contribution in [2.75, 3.05) is 7.11 Å². The number of rotatable bonds is 10. The number of thiol groups is 1. The predicted molar refractivity (Wildman–Crippen MR) is 134 cm³/mol. The Hall–Kier alpha value is -2.84. The molecule has 1 fully saturated rings. The smallest absolute Gasteiger partial charge is 0.326 e. The molecule has 2 aromatic carbocycles. The van der Waals surface area contributed by atoms with Crippen LogP contribution in [0.3, 0.4) is 0 Å². The zero-order chi connectivity index (χ0) is 24.7. The molecule has 0 saturated heterocycles. The van der Waals surface area contributed by atoms with Crippen molar-refractivity contribution in [3.63, 3.8) is 0 Å². The zero-order valence-corrected chi connectivity index (χ0v) is 20.4. The van der Waals surface area contributed by atoms with Gasteiger partial charge in [-0.15, -0.1) is 0 Å². The number of carbonyl (C=O) groups is 3. The fraction of sp³-hybridized carbons (Fsp3) is 0.423. The molecule has 2 aromatic rings. The van der Waals surface area contributed by atoms with E-state index in [-0.39, 0.29) is 6.42 Å². The van der Waals surface area contributed by atoms with Crippen LogP contribution in [-0.2, 0) is 25.5 Å². The van der Waals surface area contributed by atoms with Gasteiger partial charge in [-0.2, -0.15) is 12.6 Å². The van der Waals surface area contributed by atoms with Crippen LogP contribution < -0.4 is 10.6 Å². The molecule has 1 unspecified atom stereocenters. The number of carboxylic acids is 1. The average molecular weight is 485 g/mol. The van der Waals surface area contributed by atoms with Crippen molar-refractivity contribution in [1.82, 2.24) is 10.6 Å². The van der Waals surface area contributed by atoms with E-state index in [4.69, 9.17) is 4.74 Å². The molecule has 0 spiro atoms. The van der Waals surface area contributed by atoms with Gasteiger partial charge in [-0.3, -0.25) is 9.59 Å². The first-order valence-corrected chi connectivity index (χ1v) is 12.0. The van der Waals surface area contributed by atoms with Crippen LogP contribution in [0.1, 0.15) is 38.2 Å². The molecule has 7 nitrogen and oxygen atoms in total. The Morgan fingerprint density at radius 2 is 1.62 bits per heavy atom. The summed E-state index contributed by atoms with van der Waals surface area (Å²) in [5, 5.41) is 14.6. The molecule has 0 bridgehead atoms. The first kappa shape index (κ1) is 25.8. The van der Waals surface area contributed by atoms with Crippen LogP contribution in [0.5, 0.6) is 0 Å². The molecule has 1 aliphatic carbocycles. The van der Waals surface area contributed by atoms with E-state index < -0.39 is 40.7 Å². The third-order valence-corrected chi connectivity index (χ3v) is 7.10. The molecule has 0 aromatic heterocycles. The number of hydrogen-bond donors (Lipinski definition) is 4. The van der Waals surface area contributed by atoms with Gasteiger partial charge in [-0.25, -0.2) is 4.79 Å². The molecular weight excluding hydrogens is 452 g/mol. The number of amides is 2. The van der Waals surface area contributed by atoms with Gasteiger partial charge >= 0.3 is 5.97 Å². The Morgan fingerprint density at radius 1 is 1.03 bits per heavy atom. The Morgan fingerprint density at radius 3 is 2.18 bits per heavy atom. The van der Waals surface area contributed by atoms with Crippen LogP contribution >= 0.6 is 12.6 Å². The van der Waals surface area contributed by atoms with E-state index in [9.17, 15) is 19.5 Å². The lowest BCUT2D eigenvalue weighted by Crippen LogP contribution is -2.61. The van der Waals surface area contributed by atoms with Crippen molar-refractivity contribution in [3.05, 3.63) is 60.2 Å². The third kappa shape index (κ3) is 6.18. The summed E-state index contributed by atoms with van der Waals surface area (Å²) in [6, 6.07) is 16.4. The monoisotopic (exact) mass is 484 g/mol. The van der Waals surface area contributed by atoms with Crippen LogP contribution in [0.2, 0.25) is 0 Å². The normalized spacial score (nSPS) is 17.4. The number of ether oxygens (including phenoxy) is 1. The van der Waals surface area contributed by atoms with Crippen molar-refractivity contribution < 1.29 is 24.2 Å². The van der Waals surface area contributed by atoms with Gasteiger partial charge in [0.15, 0.2) is 0 Å². The van der Waals surface area contributed by atoms with E-state index >= 15 is 0 Å². The van der Waals surface area contributed by atoms with Crippen molar-refractivity contribution in [3.8, 4) is 11.1 Å². The molecule has 182 valence electrons. The minimum atomic E-state index is -1.14. The van der Waals surface area contributed by atoms with Gasteiger partial charge in [0.25, 0.3) is 0 Å². The number of methoxy groups -OCH3 is 1. The summed E-state index contributed by atoms with van der Waals surface area (Å²) in [5.41, 5.74) is 1.75. The van der Waals surface area contributed by atoms with E-state index in [1.165, 1.54) is 7.11 Å². The van der Waals surface area contributed by atoms with Crippen molar-refractivity contribution >= 4 is 30.4 Å². The Kier molecular flexibility index (Phi) is 8.74. The highest BCUT2D eigenvalue weighted by Crippen LogP contribution is 2.31. The molecule has 3 rings (SSSR count). The maximum absolute atomic E-state index is 13.3. The first-order valence-electron chi connectivity index (χ1n) is 11.5. The second-order valence-electron chi connectivity index (χ2n) is 8.80. The second-order valence-corrected chi connectivity index (χ2v) is 9.35. The standard InChI is InChI=1S/C26H32N2O5S/c1-17(33-2)22(34)23(29)28-26(14-6-7-15-26)25(32)27-21(24(30)31)16-18-10-12-20(13-11-18)19-8-4-3-5-9-19/h3-5,8-13,17,21-22,34H,6-7,14-16H2,1-2H3,(H,27,32)(H,28,29)(H,30,31)/t17?,21-,22-/m0/s1. The van der Waals surface area contributed by atoms with Gasteiger partial charge in [0.2, 0.25) is 11.8 Å². The van der Waals surface area contributed by atoms with Crippen LogP contribution in [0, 0.1) is 0 Å². The third-order valence-electron chi connectivity index (χ3n) is 6.44. The van der Waals surface area contributed by atoms with E-state index in [1.807, 2.05) is 54.6 Å². The van der Waals surface area contributed by atoms with E-state index in [2.05, 4.69) is 23.3 Å². The first-order chi connectivity index (χ1) is 16.3. The number of benzene rings is 2. The largest absolute Gasteiger partial charge is 0.480 e. The molecule has 1 saturated carbocycles. The Bertz CT molecular complexity index is 990. The average Bonchev–Trinajstić information content (AvgIpc) is 3.33. The Balaban J connectivity index is 1.70. The summed E-state index contributed by atoms with van der Waals surface area (Å²) >= 11 is 4.32. The lowest BCUT2D eigenvalue weighted by Gasteiger charge is -2.32. The molecule has 3 N–H and O–H groups in total. The van der Waals surface area contributed by atoms with Crippen LogP contribution in [0.4, 0.5) is 0 Å². The number of hydrogen-bond acceptors (Lipinski definition) is 5. The Labute approximate surface area is 205 Å². The molecule has 2 amide bonds. The summed E-state index contributed by atoms with van der Waals surface area (Å²) in [6.45, 7) is 1.72. The number of aliphatic carboxylic acids is 1. The van der Waals surface area contributed by atoms with Gasteiger partial charge in [0.05, 0.1) is 6.10 Å². The minimum Gasteiger partial charge on any atom is -0.480 e. The summed E-state index contributed by atoms with van der Waals surface area (Å²) in [7, 11) is 1.49. The van der Waals surface area contributed by atoms with E-state index in [0.717, 1.165) is 29.5 Å². The molecule has 0 heterocycles. The molecule has 3 atom stereocenters. The van der Waals surface area contributed by atoms with Gasteiger partial charge in [0, 0.05) is 13.5 Å². The van der Waals surface area contributed by atoms with Crippen molar-refractivity contribution in [2.45, 2.75) is 62.0 Å². The predicted octanol–water partition coefficient (Wildman–Crippen LogP) is 3.23. The second kappa shape index (κ2) is 11.5. The fourth-order valence-corrected chi connectivity index (χ4v) is 4.42. The van der Waals surface area contributed by atoms with Gasteiger partial charge in [-0.05, 0) is 36.5 Å². The van der Waals surface area contributed by atoms with Gasteiger partial charge in [0.1, 0.15) is 16.8 Å². The van der Waals surface area contributed by atoms with Crippen LogP contribution in [0.15, 0.2) is 54.6 Å². The number of nitrogens with one attached hydrogen (secondary N) is 2. The van der Waals surface area contributed by atoms with Crippen molar-refractivity contribution in [1.29, 1.82) is 0 Å². The molecule has 1 aliphatic rings. The minimum absolute atomic E-state index is 0.135. The highest BCUT2D eigenvalue weighted by Gasteiger charge is 2.44. The molecule has 0 radical (unpaired) electrons. The van der Waals surface area contributed by atoms with Gasteiger partial charge in [-0.1, -0.05) is 67.4 Å². The fourth-order valence-electron chi connectivity index (χ4n) is 4.24. The SMILES string of the molecule is COC(C)[C@H](S)C(=O)NC1(C(=O)N[C@@H](Cc2ccc(-c3ccccc3)cc2)C(=O)O)CCCC1.